The topological polar surface area (TPSA) is 54.0 Å². The third kappa shape index (κ3) is 1.76. The molecule has 1 N–H and O–H groups in total. The van der Waals surface area contributed by atoms with Gasteiger partial charge in [0.05, 0.1) is 19.3 Å². The van der Waals surface area contributed by atoms with E-state index in [9.17, 15) is 0 Å². The van der Waals surface area contributed by atoms with Gasteiger partial charge in [-0.1, -0.05) is 0 Å². The van der Waals surface area contributed by atoms with Gasteiger partial charge >= 0.3 is 0 Å². The molecule has 0 bridgehead atoms. The lowest BCUT2D eigenvalue weighted by atomic mass is 10.2. The Hall–Kier alpha value is -1.62. The average Bonchev–Trinajstić information content (AvgIpc) is 2.71. The minimum absolute atomic E-state index is 0.369. The molecule has 0 amide bonds. The highest BCUT2D eigenvalue weighted by Crippen LogP contribution is 2.21. The molecule has 3 rings (SSSR count). The van der Waals surface area contributed by atoms with Crippen LogP contribution in [-0.2, 0) is 4.74 Å². The number of morpholine rings is 1. The van der Waals surface area contributed by atoms with Gasteiger partial charge in [0.2, 0.25) is 0 Å². The van der Waals surface area contributed by atoms with Crippen LogP contribution in [0, 0.1) is 6.92 Å². The first-order valence-electron chi connectivity index (χ1n) is 5.92. The molecular weight excluding hydrogens is 216 g/mol. The van der Waals surface area contributed by atoms with Gasteiger partial charge in [0.1, 0.15) is 5.82 Å². The largest absolute Gasteiger partial charge is 0.377 e. The van der Waals surface area contributed by atoms with Gasteiger partial charge in [-0.3, -0.25) is 5.10 Å². The molecule has 90 valence electrons. The normalized spacial score (nSPS) is 21.1. The summed E-state index contributed by atoms with van der Waals surface area (Å²) in [7, 11) is 0. The number of fused-ring (bicyclic) bond motifs is 1. The Kier molecular flexibility index (Phi) is 2.48. The highest BCUT2D eigenvalue weighted by molar-refractivity contribution is 5.79. The third-order valence-electron chi connectivity index (χ3n) is 3.26. The number of aryl methyl sites for hydroxylation is 1. The molecule has 1 fully saturated rings. The van der Waals surface area contributed by atoms with Crippen LogP contribution < -0.4 is 4.90 Å². The fourth-order valence-electron chi connectivity index (χ4n) is 2.24. The van der Waals surface area contributed by atoms with Crippen molar-refractivity contribution < 1.29 is 4.74 Å². The summed E-state index contributed by atoms with van der Waals surface area (Å²) in [6.45, 7) is 6.58. The Morgan fingerprint density at radius 2 is 2.35 bits per heavy atom. The molecule has 2 aromatic heterocycles. The summed E-state index contributed by atoms with van der Waals surface area (Å²) in [5, 5.41) is 8.26. The van der Waals surface area contributed by atoms with Crippen molar-refractivity contribution in [3.8, 4) is 0 Å². The van der Waals surface area contributed by atoms with Crippen molar-refractivity contribution in [2.24, 2.45) is 0 Å². The van der Waals surface area contributed by atoms with E-state index in [1.165, 1.54) is 0 Å². The minimum Gasteiger partial charge on any atom is -0.377 e. The third-order valence-corrected chi connectivity index (χ3v) is 3.26. The van der Waals surface area contributed by atoms with Crippen LogP contribution in [0.15, 0.2) is 12.1 Å². The number of aromatic amines is 1. The lowest BCUT2D eigenvalue weighted by molar-refractivity contribution is 0.0985. The molecule has 1 aliphatic rings. The first-order valence-corrected chi connectivity index (χ1v) is 5.92. The quantitative estimate of drug-likeness (QED) is 0.809. The first kappa shape index (κ1) is 10.5. The van der Waals surface area contributed by atoms with Crippen molar-refractivity contribution in [2.45, 2.75) is 19.9 Å². The van der Waals surface area contributed by atoms with Crippen LogP contribution >= 0.6 is 0 Å². The number of ether oxygens (including phenoxy) is 1. The molecule has 0 aliphatic carbocycles. The fourth-order valence-corrected chi connectivity index (χ4v) is 2.24. The molecule has 17 heavy (non-hydrogen) atoms. The summed E-state index contributed by atoms with van der Waals surface area (Å²) in [5.41, 5.74) is 1.85. The number of anilines is 1. The molecular formula is C12H16N4O. The molecule has 1 unspecified atom stereocenters. The second-order valence-corrected chi connectivity index (χ2v) is 4.51. The fraction of sp³-hybridized carbons (Fsp3) is 0.500. The summed E-state index contributed by atoms with van der Waals surface area (Å²) in [4.78, 5) is 6.87. The van der Waals surface area contributed by atoms with Gasteiger partial charge in [-0.25, -0.2) is 4.98 Å². The van der Waals surface area contributed by atoms with Crippen molar-refractivity contribution in [1.29, 1.82) is 0 Å². The van der Waals surface area contributed by atoms with Gasteiger partial charge in [0, 0.05) is 17.6 Å². The van der Waals surface area contributed by atoms with E-state index >= 15 is 0 Å². The maximum atomic E-state index is 5.43. The number of aromatic nitrogens is 3. The number of hydrogen-bond donors (Lipinski definition) is 1. The van der Waals surface area contributed by atoms with Crippen LogP contribution in [0.2, 0.25) is 0 Å². The molecule has 1 aliphatic heterocycles. The summed E-state index contributed by atoms with van der Waals surface area (Å²) < 4.78 is 5.43. The van der Waals surface area contributed by atoms with E-state index in [0.717, 1.165) is 42.3 Å². The Morgan fingerprint density at radius 1 is 1.47 bits per heavy atom. The van der Waals surface area contributed by atoms with E-state index in [2.05, 4.69) is 39.1 Å². The minimum atomic E-state index is 0.369. The monoisotopic (exact) mass is 232 g/mol. The molecule has 5 nitrogen and oxygen atoms in total. The predicted octanol–water partition coefficient (Wildman–Crippen LogP) is 1.49. The van der Waals surface area contributed by atoms with E-state index < -0.39 is 0 Å². The number of rotatable bonds is 1. The standard InChI is InChI=1S/C12H16N4O/c1-8-7-17-6-5-16(8)11-4-3-10-9(2)14-15-12(10)13-11/h3-4,8H,5-7H2,1-2H3,(H,13,14,15). The molecule has 0 aromatic carbocycles. The Labute approximate surface area is 99.8 Å². The van der Waals surface area contributed by atoms with Crippen LogP contribution in [0.1, 0.15) is 12.6 Å². The Morgan fingerprint density at radius 3 is 3.18 bits per heavy atom. The van der Waals surface area contributed by atoms with Gasteiger partial charge in [-0.2, -0.15) is 5.10 Å². The smallest absolute Gasteiger partial charge is 0.183 e. The van der Waals surface area contributed by atoms with Crippen LogP contribution in [-0.4, -0.2) is 41.0 Å². The predicted molar refractivity (Wildman–Crippen MR) is 66.3 cm³/mol. The summed E-state index contributed by atoms with van der Waals surface area (Å²) >= 11 is 0. The second-order valence-electron chi connectivity index (χ2n) is 4.51. The Bertz CT molecular complexity index is 536. The SMILES string of the molecule is Cc1[nH]nc2nc(N3CCOCC3C)ccc12. The van der Waals surface area contributed by atoms with E-state index in [1.54, 1.807) is 0 Å². The van der Waals surface area contributed by atoms with Crippen molar-refractivity contribution >= 4 is 16.9 Å². The lowest BCUT2D eigenvalue weighted by Crippen LogP contribution is -2.44. The summed E-state index contributed by atoms with van der Waals surface area (Å²) in [6.07, 6.45) is 0. The highest BCUT2D eigenvalue weighted by atomic mass is 16.5. The van der Waals surface area contributed by atoms with Crippen molar-refractivity contribution in [1.82, 2.24) is 15.2 Å². The molecule has 3 heterocycles. The zero-order valence-corrected chi connectivity index (χ0v) is 10.1. The molecule has 2 aromatic rings. The van der Waals surface area contributed by atoms with Crippen molar-refractivity contribution in [3.63, 3.8) is 0 Å². The van der Waals surface area contributed by atoms with Crippen LogP contribution in [0.3, 0.4) is 0 Å². The Balaban J connectivity index is 1.99. The van der Waals surface area contributed by atoms with Crippen LogP contribution in [0.25, 0.3) is 11.0 Å². The van der Waals surface area contributed by atoms with E-state index in [1.807, 2.05) is 6.92 Å². The van der Waals surface area contributed by atoms with Gasteiger partial charge in [0.25, 0.3) is 0 Å². The number of nitrogens with zero attached hydrogens (tertiary/aromatic N) is 3. The van der Waals surface area contributed by atoms with E-state index in [4.69, 9.17) is 4.74 Å². The molecule has 0 radical (unpaired) electrons. The number of nitrogens with one attached hydrogen (secondary N) is 1. The van der Waals surface area contributed by atoms with Gasteiger partial charge in [-0.05, 0) is 26.0 Å². The number of pyridine rings is 1. The van der Waals surface area contributed by atoms with Gasteiger partial charge in [-0.15, -0.1) is 0 Å². The molecule has 5 heteroatoms. The average molecular weight is 232 g/mol. The molecule has 0 spiro atoms. The second kappa shape index (κ2) is 4.00. The zero-order valence-electron chi connectivity index (χ0n) is 10.1. The zero-order chi connectivity index (χ0) is 11.8. The molecule has 1 atom stereocenters. The van der Waals surface area contributed by atoms with Crippen molar-refractivity contribution in [2.75, 3.05) is 24.7 Å². The highest BCUT2D eigenvalue weighted by Gasteiger charge is 2.20. The van der Waals surface area contributed by atoms with Crippen molar-refractivity contribution in [3.05, 3.63) is 17.8 Å². The van der Waals surface area contributed by atoms with Gasteiger partial charge in [0.15, 0.2) is 5.65 Å². The van der Waals surface area contributed by atoms with Gasteiger partial charge < -0.3 is 9.64 Å². The number of H-pyrrole nitrogens is 1. The maximum Gasteiger partial charge on any atom is 0.183 e. The molecule has 1 saturated heterocycles. The first-order chi connectivity index (χ1) is 8.25. The van der Waals surface area contributed by atoms with E-state index in [0.29, 0.717) is 6.04 Å². The molecule has 0 saturated carbocycles. The summed E-state index contributed by atoms with van der Waals surface area (Å²) in [5.74, 6) is 0.986. The van der Waals surface area contributed by atoms with Crippen LogP contribution in [0.5, 0.6) is 0 Å². The van der Waals surface area contributed by atoms with Crippen LogP contribution in [0.4, 0.5) is 5.82 Å². The number of hydrogen-bond acceptors (Lipinski definition) is 4. The summed E-state index contributed by atoms with van der Waals surface area (Å²) in [6, 6.07) is 4.51. The van der Waals surface area contributed by atoms with E-state index in [-0.39, 0.29) is 0 Å². The maximum absolute atomic E-state index is 5.43. The lowest BCUT2D eigenvalue weighted by Gasteiger charge is -2.34.